The summed E-state index contributed by atoms with van der Waals surface area (Å²) in [4.78, 5) is 44.2. The summed E-state index contributed by atoms with van der Waals surface area (Å²) in [6, 6.07) is 0. The summed E-state index contributed by atoms with van der Waals surface area (Å²) in [5, 5.41) is 35.1. The Kier molecular flexibility index (Phi) is 10.4. The van der Waals surface area contributed by atoms with Gasteiger partial charge in [0.25, 0.3) is 0 Å². The van der Waals surface area contributed by atoms with E-state index in [1.54, 1.807) is 32.1 Å². The van der Waals surface area contributed by atoms with E-state index in [0.717, 1.165) is 19.3 Å². The molecule has 0 aromatic heterocycles. The van der Waals surface area contributed by atoms with Crippen molar-refractivity contribution in [2.75, 3.05) is 6.61 Å². The molecule has 47 heavy (non-hydrogen) atoms. The number of aliphatic hydroxyl groups excluding tert-OH is 1. The minimum Gasteiger partial charge on any atom is -0.458 e. The third-order valence-corrected chi connectivity index (χ3v) is 12.1. The van der Waals surface area contributed by atoms with Gasteiger partial charge >= 0.3 is 11.9 Å². The van der Waals surface area contributed by atoms with E-state index in [-0.39, 0.29) is 18.6 Å². The summed E-state index contributed by atoms with van der Waals surface area (Å²) in [5.41, 5.74) is -4.81. The normalized spacial score (nSPS) is 36.1. The van der Waals surface area contributed by atoms with Gasteiger partial charge in [0.15, 0.2) is 11.4 Å². The second-order valence-corrected chi connectivity index (χ2v) is 15.4. The lowest BCUT2D eigenvalue weighted by molar-refractivity contribution is -0.227. The summed E-state index contributed by atoms with van der Waals surface area (Å²) in [7, 11) is 0. The maximum absolute atomic E-state index is 13.5. The molecule has 5 aliphatic rings. The standard InChI is InChI=1S/C38H55NO8/c1-6-7-8-9-10-11-12-13-14-15-16-17-30(41)46-33-25(3)37(45)27(21-26(23-40)22-36(44)29(37)20-24(2)32(36)42)31-35(4,5)38(31,33)47-34(43)28-18-19-39-28/h18-21,25,27,29,31,33,40,44-45H,6-17,22-23H2,1-5H3/t25-,27+,29-,31+,33-,36-,37-,38-/m1/s1. The number of aliphatic imine (C=N–C) groups is 1. The van der Waals surface area contributed by atoms with Crippen LogP contribution in [0.3, 0.4) is 0 Å². The first-order valence-electron chi connectivity index (χ1n) is 18.0. The molecular formula is C38H55NO8. The van der Waals surface area contributed by atoms with Crippen molar-refractivity contribution in [3.05, 3.63) is 35.6 Å². The molecule has 2 fully saturated rings. The van der Waals surface area contributed by atoms with Crippen LogP contribution in [-0.2, 0) is 23.9 Å². The van der Waals surface area contributed by atoms with Crippen molar-refractivity contribution in [2.24, 2.45) is 34.1 Å². The molecule has 9 heteroatoms. The van der Waals surface area contributed by atoms with Crippen molar-refractivity contribution in [3.63, 3.8) is 0 Å². The van der Waals surface area contributed by atoms with E-state index < -0.39 is 76.3 Å². The lowest BCUT2D eigenvalue weighted by atomic mass is 9.59. The number of ketones is 1. The van der Waals surface area contributed by atoms with Gasteiger partial charge in [-0.05, 0) is 30.6 Å². The Labute approximate surface area is 279 Å². The number of rotatable bonds is 16. The van der Waals surface area contributed by atoms with Crippen LogP contribution < -0.4 is 0 Å². The van der Waals surface area contributed by atoms with Crippen molar-refractivity contribution < 1.29 is 39.2 Å². The molecular weight excluding hydrogens is 598 g/mol. The Balaban J connectivity index is 1.35. The lowest BCUT2D eigenvalue weighted by Gasteiger charge is -2.53. The molecule has 0 aromatic carbocycles. The van der Waals surface area contributed by atoms with E-state index in [2.05, 4.69) is 11.9 Å². The van der Waals surface area contributed by atoms with Crippen LogP contribution in [0.4, 0.5) is 0 Å². The molecule has 1 aliphatic heterocycles. The first-order valence-corrected chi connectivity index (χ1v) is 18.0. The molecule has 0 aromatic rings. The smallest absolute Gasteiger partial charge is 0.357 e. The van der Waals surface area contributed by atoms with Gasteiger partial charge in [0.1, 0.15) is 17.4 Å². The van der Waals surface area contributed by atoms with Gasteiger partial charge in [-0.2, -0.15) is 0 Å². The van der Waals surface area contributed by atoms with Gasteiger partial charge in [-0.15, -0.1) is 0 Å². The van der Waals surface area contributed by atoms with Gasteiger partial charge in [-0.25, -0.2) is 9.79 Å². The van der Waals surface area contributed by atoms with Crippen molar-refractivity contribution in [3.8, 4) is 0 Å². The van der Waals surface area contributed by atoms with Crippen LogP contribution >= 0.6 is 0 Å². The molecule has 5 rings (SSSR count). The second kappa shape index (κ2) is 13.7. The molecule has 8 atom stereocenters. The number of unbranched alkanes of at least 4 members (excludes halogenated alkanes) is 10. The van der Waals surface area contributed by atoms with Crippen LogP contribution in [0.2, 0.25) is 0 Å². The summed E-state index contributed by atoms with van der Waals surface area (Å²) in [6.07, 6.45) is 18.2. The maximum Gasteiger partial charge on any atom is 0.357 e. The van der Waals surface area contributed by atoms with Crippen LogP contribution in [0.15, 0.2) is 40.6 Å². The number of Topliss-reactive ketones (excluding diaryl/α,β-unsaturated/α-hetero) is 1. The number of ether oxygens (including phenoxy) is 2. The highest BCUT2D eigenvalue weighted by molar-refractivity contribution is 6.43. The van der Waals surface area contributed by atoms with Gasteiger partial charge < -0.3 is 24.8 Å². The van der Waals surface area contributed by atoms with Crippen molar-refractivity contribution in [2.45, 2.75) is 141 Å². The quantitative estimate of drug-likeness (QED) is 0.109. The molecule has 0 spiro atoms. The topological polar surface area (TPSA) is 143 Å². The molecule has 9 nitrogen and oxygen atoms in total. The molecule has 0 radical (unpaired) electrons. The Hall–Kier alpha value is -2.62. The fourth-order valence-corrected chi connectivity index (χ4v) is 9.43. The summed E-state index contributed by atoms with van der Waals surface area (Å²) < 4.78 is 12.6. The second-order valence-electron chi connectivity index (χ2n) is 15.4. The van der Waals surface area contributed by atoms with Gasteiger partial charge in [0.2, 0.25) is 0 Å². The maximum atomic E-state index is 13.5. The lowest BCUT2D eigenvalue weighted by Crippen LogP contribution is -2.66. The summed E-state index contributed by atoms with van der Waals surface area (Å²) >= 11 is 0. The number of aliphatic hydroxyl groups is 3. The van der Waals surface area contributed by atoms with Crippen LogP contribution in [0.25, 0.3) is 0 Å². The average Bonchev–Trinajstić information content (AvgIpc) is 3.42. The monoisotopic (exact) mass is 653 g/mol. The first-order chi connectivity index (χ1) is 22.3. The largest absolute Gasteiger partial charge is 0.458 e. The summed E-state index contributed by atoms with van der Waals surface area (Å²) in [6.45, 7) is 9.05. The average molecular weight is 654 g/mol. The van der Waals surface area contributed by atoms with Crippen molar-refractivity contribution >= 4 is 23.4 Å². The Morgan fingerprint density at radius 2 is 1.57 bits per heavy atom. The zero-order valence-electron chi connectivity index (χ0n) is 28.9. The van der Waals surface area contributed by atoms with E-state index in [9.17, 15) is 29.7 Å². The zero-order valence-corrected chi connectivity index (χ0v) is 28.9. The molecule has 0 saturated heterocycles. The Morgan fingerprint density at radius 3 is 2.13 bits per heavy atom. The molecule has 1 heterocycles. The fourth-order valence-electron chi connectivity index (χ4n) is 9.43. The van der Waals surface area contributed by atoms with Crippen LogP contribution in [0.5, 0.6) is 0 Å². The number of carbonyl (C=O) groups excluding carboxylic acids is 3. The molecule has 4 aliphatic carbocycles. The third kappa shape index (κ3) is 5.99. The summed E-state index contributed by atoms with van der Waals surface area (Å²) in [5.74, 6) is -4.65. The Bertz CT molecular complexity index is 1360. The van der Waals surface area contributed by atoms with Crippen molar-refractivity contribution in [1.82, 2.24) is 0 Å². The van der Waals surface area contributed by atoms with Gasteiger partial charge in [0, 0.05) is 48.1 Å². The predicted molar refractivity (Wildman–Crippen MR) is 178 cm³/mol. The zero-order chi connectivity index (χ0) is 34.2. The van der Waals surface area contributed by atoms with Crippen LogP contribution in [0.1, 0.15) is 118 Å². The highest BCUT2D eigenvalue weighted by atomic mass is 16.6. The van der Waals surface area contributed by atoms with Gasteiger partial charge in [-0.1, -0.05) is 104 Å². The van der Waals surface area contributed by atoms with E-state index in [1.807, 2.05) is 13.8 Å². The van der Waals surface area contributed by atoms with Gasteiger partial charge in [0.05, 0.1) is 12.2 Å². The molecule has 0 unspecified atom stereocenters. The van der Waals surface area contributed by atoms with Crippen molar-refractivity contribution in [1.29, 1.82) is 0 Å². The SMILES string of the molecule is CCCCCCCCCCCCCC(=O)O[C@@H]1[C@@H](C)[C@@]2(O)[C@@H](C=C(CO)C[C@]3(O)C(=O)C(C)=C[C@@H]23)[C@H]2C(C)(C)[C@]12OC(=O)C1=NC=C1. The number of hydrogen-bond acceptors (Lipinski definition) is 9. The highest BCUT2D eigenvalue weighted by Gasteiger charge is 2.88. The predicted octanol–water partition coefficient (Wildman–Crippen LogP) is 5.70. The first kappa shape index (κ1) is 35.7. The van der Waals surface area contributed by atoms with Crippen LogP contribution in [0, 0.1) is 29.1 Å². The minimum absolute atomic E-state index is 0.128. The number of esters is 2. The number of carbonyl (C=O) groups is 3. The fraction of sp³-hybridized carbons (Fsp3) is 0.737. The van der Waals surface area contributed by atoms with Crippen LogP contribution in [-0.4, -0.2) is 68.3 Å². The molecule has 0 bridgehead atoms. The van der Waals surface area contributed by atoms with E-state index in [4.69, 9.17) is 9.47 Å². The third-order valence-electron chi connectivity index (χ3n) is 12.1. The number of nitrogens with zero attached hydrogens (tertiary/aromatic N) is 1. The molecule has 260 valence electrons. The minimum atomic E-state index is -1.96. The molecule has 0 amide bonds. The number of fused-ring (bicyclic) bond motifs is 5. The van der Waals surface area contributed by atoms with E-state index >= 15 is 0 Å². The highest BCUT2D eigenvalue weighted by Crippen LogP contribution is 2.77. The molecule has 2 saturated carbocycles. The van der Waals surface area contributed by atoms with E-state index in [1.165, 1.54) is 51.1 Å². The number of hydrogen-bond donors (Lipinski definition) is 3. The van der Waals surface area contributed by atoms with Gasteiger partial charge in [-0.3, -0.25) is 9.59 Å². The molecule has 3 N–H and O–H groups in total. The Morgan fingerprint density at radius 1 is 0.979 bits per heavy atom. The van der Waals surface area contributed by atoms with E-state index in [0.29, 0.717) is 17.6 Å².